The molecule has 2 N–H and O–H groups in total. The molecule has 0 aliphatic carbocycles. The van der Waals surface area contributed by atoms with E-state index in [9.17, 15) is 14.0 Å². The molecule has 5 nitrogen and oxygen atoms in total. The Kier molecular flexibility index (Phi) is 6.31. The summed E-state index contributed by atoms with van der Waals surface area (Å²) in [4.78, 5) is 23.0. The number of hydrogen-bond acceptors (Lipinski definition) is 5. The van der Waals surface area contributed by atoms with Crippen molar-refractivity contribution in [2.75, 3.05) is 19.5 Å². The summed E-state index contributed by atoms with van der Waals surface area (Å²) in [7, 11) is 1.16. The molecule has 7 heteroatoms. The molecule has 0 radical (unpaired) electrons. The zero-order valence-electron chi connectivity index (χ0n) is 10.3. The maximum absolute atomic E-state index is 13.3. The summed E-state index contributed by atoms with van der Waals surface area (Å²) < 4.78 is 17.7. The highest BCUT2D eigenvalue weighted by molar-refractivity contribution is 8.00. The van der Waals surface area contributed by atoms with Gasteiger partial charge in [-0.1, -0.05) is 12.1 Å². The van der Waals surface area contributed by atoms with Gasteiger partial charge in [-0.25, -0.2) is 9.18 Å². The van der Waals surface area contributed by atoms with Crippen molar-refractivity contribution < 1.29 is 23.8 Å². The van der Waals surface area contributed by atoms with Gasteiger partial charge in [0, 0.05) is 4.90 Å². The number of nitrogens with one attached hydrogen (secondary N) is 1. The highest BCUT2D eigenvalue weighted by Crippen LogP contribution is 2.20. The van der Waals surface area contributed by atoms with Crippen LogP contribution in [0.25, 0.3) is 0 Å². The first kappa shape index (κ1) is 15.5. The van der Waals surface area contributed by atoms with Gasteiger partial charge in [0.05, 0.1) is 19.5 Å². The van der Waals surface area contributed by atoms with Crippen molar-refractivity contribution in [3.63, 3.8) is 0 Å². The molecule has 0 aliphatic rings. The van der Waals surface area contributed by atoms with E-state index >= 15 is 0 Å². The number of carbonyl (C=O) groups is 2. The Morgan fingerprint density at radius 2 is 2.16 bits per heavy atom. The molecule has 0 heterocycles. The van der Waals surface area contributed by atoms with E-state index in [1.165, 1.54) is 6.07 Å². The molecule has 0 saturated heterocycles. The fraction of sp³-hybridized carbons (Fsp3) is 0.333. The smallest absolute Gasteiger partial charge is 0.330 e. The number of aliphatic hydroxyl groups is 1. The first-order valence-corrected chi connectivity index (χ1v) is 6.42. The second-order valence-corrected chi connectivity index (χ2v) is 4.56. The van der Waals surface area contributed by atoms with Crippen LogP contribution in [0.1, 0.15) is 0 Å². The van der Waals surface area contributed by atoms with Gasteiger partial charge in [0.1, 0.15) is 5.82 Å². The number of ether oxygens (including phenoxy) is 1. The van der Waals surface area contributed by atoms with Gasteiger partial charge >= 0.3 is 5.97 Å². The topological polar surface area (TPSA) is 75.6 Å². The summed E-state index contributed by atoms with van der Waals surface area (Å²) in [6.07, 6.45) is 0. The second kappa shape index (κ2) is 7.75. The molecular weight excluding hydrogens is 273 g/mol. The number of thioether (sulfide) groups is 1. The zero-order valence-corrected chi connectivity index (χ0v) is 11.1. The largest absolute Gasteiger partial charge is 0.467 e. The third-order valence-corrected chi connectivity index (χ3v) is 3.25. The zero-order chi connectivity index (χ0) is 14.3. The molecule has 1 aromatic rings. The average molecular weight is 287 g/mol. The number of hydrogen-bond donors (Lipinski definition) is 2. The summed E-state index contributed by atoms with van der Waals surface area (Å²) >= 11 is 1.01. The molecule has 1 unspecified atom stereocenters. The lowest BCUT2D eigenvalue weighted by atomic mass is 10.3. The van der Waals surface area contributed by atoms with Crippen molar-refractivity contribution in [3.05, 3.63) is 30.1 Å². The van der Waals surface area contributed by atoms with Gasteiger partial charge in [-0.05, 0) is 12.1 Å². The summed E-state index contributed by atoms with van der Waals surface area (Å²) in [5.74, 6) is -1.69. The Balaban J connectivity index is 2.48. The summed E-state index contributed by atoms with van der Waals surface area (Å²) in [5.41, 5.74) is 0. The van der Waals surface area contributed by atoms with Crippen molar-refractivity contribution in [1.29, 1.82) is 0 Å². The van der Waals surface area contributed by atoms with Crippen LogP contribution < -0.4 is 5.32 Å². The van der Waals surface area contributed by atoms with E-state index in [1.54, 1.807) is 18.2 Å². The van der Waals surface area contributed by atoms with Crippen molar-refractivity contribution in [2.45, 2.75) is 10.9 Å². The van der Waals surface area contributed by atoms with Crippen molar-refractivity contribution >= 4 is 23.6 Å². The molecule has 0 saturated carbocycles. The molecule has 19 heavy (non-hydrogen) atoms. The highest BCUT2D eigenvalue weighted by atomic mass is 32.2. The third-order valence-electron chi connectivity index (χ3n) is 2.20. The van der Waals surface area contributed by atoms with Crippen LogP contribution in [0.3, 0.4) is 0 Å². The van der Waals surface area contributed by atoms with Gasteiger partial charge in [-0.3, -0.25) is 4.79 Å². The first-order chi connectivity index (χ1) is 9.08. The van der Waals surface area contributed by atoms with Crippen LogP contribution in [-0.2, 0) is 14.3 Å². The molecule has 0 aliphatic heterocycles. The standard InChI is InChI=1S/C12H14FNO4S/c1-18-12(17)9(6-15)14-11(16)7-19-10-5-3-2-4-8(10)13/h2-5,9,15H,6-7H2,1H3,(H,14,16). The summed E-state index contributed by atoms with van der Waals surface area (Å²) in [6, 6.07) is 4.97. The van der Waals surface area contributed by atoms with E-state index in [-0.39, 0.29) is 5.75 Å². The SMILES string of the molecule is COC(=O)C(CO)NC(=O)CSc1ccccc1F. The van der Waals surface area contributed by atoms with Crippen LogP contribution >= 0.6 is 11.8 Å². The lowest BCUT2D eigenvalue weighted by molar-refractivity contribution is -0.145. The Hall–Kier alpha value is -1.60. The van der Waals surface area contributed by atoms with Gasteiger partial charge in [-0.15, -0.1) is 11.8 Å². The van der Waals surface area contributed by atoms with E-state index in [1.807, 2.05) is 0 Å². The van der Waals surface area contributed by atoms with E-state index in [2.05, 4.69) is 10.1 Å². The maximum Gasteiger partial charge on any atom is 0.330 e. The monoisotopic (exact) mass is 287 g/mol. The molecule has 1 atom stereocenters. The van der Waals surface area contributed by atoms with Crippen molar-refractivity contribution in [3.8, 4) is 0 Å². The number of halogens is 1. The van der Waals surface area contributed by atoms with Crippen LogP contribution in [0, 0.1) is 5.82 Å². The molecule has 1 amide bonds. The molecule has 1 aromatic carbocycles. The Morgan fingerprint density at radius 1 is 1.47 bits per heavy atom. The molecular formula is C12H14FNO4S. The summed E-state index contributed by atoms with van der Waals surface area (Å²) in [5, 5.41) is 11.2. The van der Waals surface area contributed by atoms with E-state index in [0.29, 0.717) is 4.90 Å². The van der Waals surface area contributed by atoms with Gasteiger partial charge in [0.25, 0.3) is 0 Å². The number of rotatable bonds is 6. The molecule has 1 rings (SSSR count). The fourth-order valence-corrected chi connectivity index (χ4v) is 2.01. The van der Waals surface area contributed by atoms with Crippen LogP contribution in [0.5, 0.6) is 0 Å². The first-order valence-electron chi connectivity index (χ1n) is 5.44. The van der Waals surface area contributed by atoms with Gasteiger partial charge in [0.15, 0.2) is 6.04 Å². The number of aliphatic hydroxyl groups excluding tert-OH is 1. The van der Waals surface area contributed by atoms with Gasteiger partial charge in [0.2, 0.25) is 5.91 Å². The number of benzene rings is 1. The Morgan fingerprint density at radius 3 is 2.74 bits per heavy atom. The summed E-state index contributed by atoms with van der Waals surface area (Å²) in [6.45, 7) is -0.553. The Bertz CT molecular complexity index is 455. The molecule has 0 bridgehead atoms. The normalized spacial score (nSPS) is 11.7. The number of amides is 1. The van der Waals surface area contributed by atoms with Crippen LogP contribution in [0.2, 0.25) is 0 Å². The number of methoxy groups -OCH3 is 1. The Labute approximate surface area is 114 Å². The second-order valence-electron chi connectivity index (χ2n) is 3.54. The predicted molar refractivity (Wildman–Crippen MR) is 68.2 cm³/mol. The third kappa shape index (κ3) is 4.88. The minimum atomic E-state index is -1.10. The number of esters is 1. The van der Waals surface area contributed by atoms with Crippen LogP contribution in [-0.4, -0.2) is 42.5 Å². The lowest BCUT2D eigenvalue weighted by Gasteiger charge is -2.13. The van der Waals surface area contributed by atoms with E-state index in [0.717, 1.165) is 18.9 Å². The quantitative estimate of drug-likeness (QED) is 0.591. The lowest BCUT2D eigenvalue weighted by Crippen LogP contribution is -2.44. The molecule has 104 valence electrons. The van der Waals surface area contributed by atoms with E-state index < -0.39 is 30.3 Å². The minimum Gasteiger partial charge on any atom is -0.467 e. The highest BCUT2D eigenvalue weighted by Gasteiger charge is 2.20. The average Bonchev–Trinajstić information content (AvgIpc) is 2.43. The molecule has 0 aromatic heterocycles. The molecule has 0 fully saturated rings. The van der Waals surface area contributed by atoms with Gasteiger partial charge in [-0.2, -0.15) is 0 Å². The minimum absolute atomic E-state index is 0.0611. The number of carbonyl (C=O) groups excluding carboxylic acids is 2. The van der Waals surface area contributed by atoms with Crippen LogP contribution in [0.4, 0.5) is 4.39 Å². The van der Waals surface area contributed by atoms with Gasteiger partial charge < -0.3 is 15.2 Å². The van der Waals surface area contributed by atoms with E-state index in [4.69, 9.17) is 5.11 Å². The van der Waals surface area contributed by atoms with Crippen molar-refractivity contribution in [2.24, 2.45) is 0 Å². The fourth-order valence-electron chi connectivity index (χ4n) is 1.26. The van der Waals surface area contributed by atoms with Crippen molar-refractivity contribution in [1.82, 2.24) is 5.32 Å². The molecule has 0 spiro atoms. The predicted octanol–water partition coefficient (Wildman–Crippen LogP) is 0.568. The maximum atomic E-state index is 13.3. The van der Waals surface area contributed by atoms with Crippen LogP contribution in [0.15, 0.2) is 29.2 Å².